The molecule has 0 radical (unpaired) electrons. The molecule has 9 atom stereocenters. The average molecular weight is 497 g/mol. The van der Waals surface area contributed by atoms with E-state index in [9.17, 15) is 25.2 Å². The van der Waals surface area contributed by atoms with Gasteiger partial charge in [0, 0.05) is 23.8 Å². The monoisotopic (exact) mass is 496 g/mol. The molecule has 0 aliphatic carbocycles. The van der Waals surface area contributed by atoms with E-state index in [0.717, 1.165) is 22.2 Å². The molecule has 0 saturated carbocycles. The van der Waals surface area contributed by atoms with Crippen molar-refractivity contribution in [2.75, 3.05) is 6.61 Å². The van der Waals surface area contributed by atoms with Gasteiger partial charge in [-0.1, -0.05) is 24.3 Å². The highest BCUT2D eigenvalue weighted by atomic mass is 16.8. The van der Waals surface area contributed by atoms with Crippen molar-refractivity contribution in [3.05, 3.63) is 66.1 Å². The number of piperidine rings is 1. The molecule has 190 valence electrons. The van der Waals surface area contributed by atoms with Gasteiger partial charge in [0.2, 0.25) is 6.29 Å². The average Bonchev–Trinajstić information content (AvgIpc) is 3.25. The third-order valence-corrected chi connectivity index (χ3v) is 7.75. The molecule has 0 spiro atoms. The van der Waals surface area contributed by atoms with Crippen LogP contribution in [0.3, 0.4) is 0 Å². The number of benzene rings is 1. The molecule has 1 amide bonds. The smallest absolute Gasteiger partial charge is 0.254 e. The Bertz CT molecular complexity index is 1230. The van der Waals surface area contributed by atoms with Gasteiger partial charge in [-0.25, -0.2) is 0 Å². The molecule has 4 aliphatic heterocycles. The number of para-hydroxylation sites is 1. The summed E-state index contributed by atoms with van der Waals surface area (Å²) in [4.78, 5) is 20.2. The largest absolute Gasteiger partial charge is 0.471 e. The molecule has 1 aromatic carbocycles. The van der Waals surface area contributed by atoms with Crippen molar-refractivity contribution < 1.29 is 39.4 Å². The molecular formula is C26H28N2O8. The molecular weight excluding hydrogens is 468 g/mol. The number of hydrogen-bond donors (Lipinski definition) is 4. The van der Waals surface area contributed by atoms with Crippen molar-refractivity contribution in [2.45, 2.75) is 56.0 Å². The van der Waals surface area contributed by atoms with Crippen LogP contribution < -0.4 is 0 Å². The van der Waals surface area contributed by atoms with Crippen LogP contribution in [0.5, 0.6) is 0 Å². The minimum absolute atomic E-state index is 0.128. The summed E-state index contributed by atoms with van der Waals surface area (Å²) in [7, 11) is 0. The van der Waals surface area contributed by atoms with Crippen molar-refractivity contribution in [3.63, 3.8) is 0 Å². The van der Waals surface area contributed by atoms with Gasteiger partial charge in [0.15, 0.2) is 6.29 Å². The van der Waals surface area contributed by atoms with Gasteiger partial charge < -0.3 is 39.5 Å². The lowest BCUT2D eigenvalue weighted by Gasteiger charge is -2.45. The second kappa shape index (κ2) is 8.91. The highest BCUT2D eigenvalue weighted by molar-refractivity contribution is 5.96. The van der Waals surface area contributed by atoms with E-state index in [2.05, 4.69) is 12.6 Å². The van der Waals surface area contributed by atoms with Crippen LogP contribution in [0.2, 0.25) is 0 Å². The van der Waals surface area contributed by atoms with Crippen LogP contribution in [0.25, 0.3) is 10.9 Å². The van der Waals surface area contributed by atoms with Gasteiger partial charge in [-0.05, 0) is 24.1 Å². The number of carbonyl (C=O) groups excluding carboxylic acids is 1. The van der Waals surface area contributed by atoms with Gasteiger partial charge >= 0.3 is 0 Å². The summed E-state index contributed by atoms with van der Waals surface area (Å²) in [6, 6.07) is 9.76. The molecule has 6 rings (SSSR count). The van der Waals surface area contributed by atoms with Crippen LogP contribution >= 0.6 is 0 Å². The lowest BCUT2D eigenvalue weighted by atomic mass is 9.76. The fraction of sp³-hybridized carbons (Fsp3) is 0.462. The van der Waals surface area contributed by atoms with Gasteiger partial charge in [0.05, 0.1) is 35.7 Å². The van der Waals surface area contributed by atoms with Crippen LogP contribution in [-0.4, -0.2) is 79.8 Å². The first kappa shape index (κ1) is 23.5. The maximum Gasteiger partial charge on any atom is 0.254 e. The van der Waals surface area contributed by atoms with Gasteiger partial charge in [-0.2, -0.15) is 0 Å². The van der Waals surface area contributed by atoms with Crippen LogP contribution in [0, 0.1) is 11.8 Å². The molecule has 4 N–H and O–H groups in total. The third kappa shape index (κ3) is 3.56. The Morgan fingerprint density at radius 3 is 2.75 bits per heavy atom. The summed E-state index contributed by atoms with van der Waals surface area (Å²) in [6.07, 6.45) is -4.43. The number of pyridine rings is 1. The van der Waals surface area contributed by atoms with Gasteiger partial charge in [0.25, 0.3) is 5.91 Å². The number of aliphatic hydroxyl groups is 4. The fourth-order valence-corrected chi connectivity index (χ4v) is 5.81. The summed E-state index contributed by atoms with van der Waals surface area (Å²) in [5.74, 6) is -0.872. The number of fused-ring (bicyclic) bond motifs is 5. The van der Waals surface area contributed by atoms with E-state index in [1.807, 2.05) is 29.2 Å². The van der Waals surface area contributed by atoms with Crippen molar-refractivity contribution in [1.82, 2.24) is 9.88 Å². The SMILES string of the molecule is C=C[C@@H]1[C@H](O[C@@H]2O[C@H](CO)[C@@H](O)[C@H](O)[C@H]2O)OC=C2C(=O)N3Cc4cc5ccccc5nc4[C@H]3C[C@H]21. The van der Waals surface area contributed by atoms with E-state index in [4.69, 9.17) is 19.2 Å². The zero-order valence-electron chi connectivity index (χ0n) is 19.4. The van der Waals surface area contributed by atoms with Crippen LogP contribution in [-0.2, 0) is 25.5 Å². The molecule has 4 aliphatic rings. The second-order valence-electron chi connectivity index (χ2n) is 9.74. The summed E-state index contributed by atoms with van der Waals surface area (Å²) < 4.78 is 17.2. The van der Waals surface area contributed by atoms with E-state index in [0.29, 0.717) is 18.5 Å². The number of aromatic nitrogens is 1. The molecule has 0 unspecified atom stereocenters. The Hall–Kier alpha value is -2.86. The van der Waals surface area contributed by atoms with E-state index in [-0.39, 0.29) is 17.9 Å². The number of carbonyl (C=O) groups is 1. The van der Waals surface area contributed by atoms with Crippen LogP contribution in [0.15, 0.2) is 54.8 Å². The highest BCUT2D eigenvalue weighted by Crippen LogP contribution is 2.49. The van der Waals surface area contributed by atoms with E-state index >= 15 is 0 Å². The maximum atomic E-state index is 13.5. The number of rotatable bonds is 4. The lowest BCUT2D eigenvalue weighted by Crippen LogP contribution is -2.60. The Morgan fingerprint density at radius 2 is 1.97 bits per heavy atom. The quantitative estimate of drug-likeness (QED) is 0.445. The first-order chi connectivity index (χ1) is 17.4. The van der Waals surface area contributed by atoms with Crippen LogP contribution in [0.4, 0.5) is 0 Å². The molecule has 0 bridgehead atoms. The summed E-state index contributed by atoms with van der Waals surface area (Å²) in [6.45, 7) is 3.84. The van der Waals surface area contributed by atoms with Crippen molar-refractivity contribution in [1.29, 1.82) is 0 Å². The number of nitrogens with zero attached hydrogens (tertiary/aromatic N) is 2. The van der Waals surface area contributed by atoms with Crippen molar-refractivity contribution in [2.24, 2.45) is 11.8 Å². The Balaban J connectivity index is 1.27. The Labute approximate surface area is 207 Å². The zero-order chi connectivity index (χ0) is 25.1. The fourth-order valence-electron chi connectivity index (χ4n) is 5.81. The summed E-state index contributed by atoms with van der Waals surface area (Å²) >= 11 is 0. The highest BCUT2D eigenvalue weighted by Gasteiger charge is 2.51. The number of ether oxygens (including phenoxy) is 3. The first-order valence-electron chi connectivity index (χ1n) is 12.0. The normalized spacial score (nSPS) is 37.6. The maximum absolute atomic E-state index is 13.5. The molecule has 36 heavy (non-hydrogen) atoms. The first-order valence-corrected chi connectivity index (χ1v) is 12.0. The lowest BCUT2D eigenvalue weighted by molar-refractivity contribution is -0.339. The number of amides is 1. The summed E-state index contributed by atoms with van der Waals surface area (Å²) in [5, 5.41) is 41.0. The molecule has 2 saturated heterocycles. The number of hydrogen-bond acceptors (Lipinski definition) is 9. The summed E-state index contributed by atoms with van der Waals surface area (Å²) in [5.41, 5.74) is 3.31. The predicted octanol–water partition coefficient (Wildman–Crippen LogP) is 0.497. The molecule has 1 aromatic heterocycles. The van der Waals surface area contributed by atoms with Crippen molar-refractivity contribution in [3.8, 4) is 0 Å². The Morgan fingerprint density at radius 1 is 1.17 bits per heavy atom. The van der Waals surface area contributed by atoms with Gasteiger partial charge in [-0.3, -0.25) is 9.78 Å². The van der Waals surface area contributed by atoms with Crippen molar-refractivity contribution >= 4 is 16.8 Å². The van der Waals surface area contributed by atoms with Crippen LogP contribution in [0.1, 0.15) is 23.7 Å². The van der Waals surface area contributed by atoms with Gasteiger partial charge in [0.1, 0.15) is 24.4 Å². The van der Waals surface area contributed by atoms with E-state index in [1.54, 1.807) is 6.08 Å². The zero-order valence-corrected chi connectivity index (χ0v) is 19.4. The molecule has 10 heteroatoms. The predicted molar refractivity (Wildman–Crippen MR) is 125 cm³/mol. The third-order valence-electron chi connectivity index (χ3n) is 7.75. The molecule has 2 aromatic rings. The number of aliphatic hydroxyl groups excluding tert-OH is 4. The topological polar surface area (TPSA) is 142 Å². The second-order valence-corrected chi connectivity index (χ2v) is 9.74. The molecule has 10 nitrogen and oxygen atoms in total. The van der Waals surface area contributed by atoms with Gasteiger partial charge in [-0.15, -0.1) is 6.58 Å². The van der Waals surface area contributed by atoms with E-state index < -0.39 is 49.5 Å². The van der Waals surface area contributed by atoms with E-state index in [1.165, 1.54) is 6.26 Å². The Kier molecular flexibility index (Phi) is 5.83. The molecule has 2 fully saturated rings. The minimum atomic E-state index is -1.57. The standard InChI is InChI=1S/C26H28N2O8/c1-2-14-15-8-18-20-13(7-12-5-3-4-6-17(12)27-20)9-28(18)24(33)16(15)11-34-25(14)36-26-23(32)22(31)21(30)19(10-29)35-26/h2-7,11,14-15,18-19,21-23,25-26,29-32H,1,8-10H2/t14-,15-,18+,19+,21+,22-,23+,25-,26-/m0/s1. The minimum Gasteiger partial charge on any atom is -0.471 e. The molecule has 5 heterocycles.